The van der Waals surface area contributed by atoms with Crippen LogP contribution in [-0.4, -0.2) is 49.0 Å². The van der Waals surface area contributed by atoms with E-state index in [2.05, 4.69) is 11.0 Å². The van der Waals surface area contributed by atoms with Crippen LogP contribution in [0.15, 0.2) is 41.8 Å². The molecule has 1 aliphatic rings. The molecule has 1 amide bonds. The molecule has 1 aromatic carbocycles. The van der Waals surface area contributed by atoms with Gasteiger partial charge in [-0.25, -0.2) is 0 Å². The molecule has 0 saturated carbocycles. The summed E-state index contributed by atoms with van der Waals surface area (Å²) in [5, 5.41) is 2.02. The summed E-state index contributed by atoms with van der Waals surface area (Å²) in [6.07, 6.45) is 0.532. The molecule has 0 aliphatic carbocycles. The Kier molecular flexibility index (Phi) is 5.31. The van der Waals surface area contributed by atoms with Crippen molar-refractivity contribution in [1.82, 2.24) is 9.80 Å². The standard InChI is InChI=1S/C18H22N2O2S/c1-22-17-7-3-2-5-15(17)14-19-8-10-20(11-9-19)18(21)13-16-6-4-12-23-16/h2-7,12H,8-11,13-14H2,1H3. The minimum atomic E-state index is 0.240. The molecule has 23 heavy (non-hydrogen) atoms. The third kappa shape index (κ3) is 4.12. The van der Waals surface area contributed by atoms with Crippen LogP contribution in [0.4, 0.5) is 0 Å². The van der Waals surface area contributed by atoms with Gasteiger partial charge in [-0.3, -0.25) is 9.69 Å². The van der Waals surface area contributed by atoms with E-state index in [-0.39, 0.29) is 5.91 Å². The van der Waals surface area contributed by atoms with Crippen molar-refractivity contribution in [2.24, 2.45) is 0 Å². The highest BCUT2D eigenvalue weighted by Gasteiger charge is 2.22. The summed E-state index contributed by atoms with van der Waals surface area (Å²) in [5.74, 6) is 1.17. The van der Waals surface area contributed by atoms with Gasteiger partial charge in [0.2, 0.25) is 5.91 Å². The maximum absolute atomic E-state index is 12.3. The van der Waals surface area contributed by atoms with E-state index in [0.29, 0.717) is 6.42 Å². The van der Waals surface area contributed by atoms with Crippen molar-refractivity contribution in [2.75, 3.05) is 33.3 Å². The topological polar surface area (TPSA) is 32.8 Å². The first kappa shape index (κ1) is 16.0. The number of methoxy groups -OCH3 is 1. The summed E-state index contributed by atoms with van der Waals surface area (Å²) in [6, 6.07) is 12.2. The second kappa shape index (κ2) is 7.62. The highest BCUT2D eigenvalue weighted by molar-refractivity contribution is 7.10. The molecule has 4 nitrogen and oxygen atoms in total. The summed E-state index contributed by atoms with van der Waals surface area (Å²) in [4.78, 5) is 17.8. The molecule has 0 bridgehead atoms. The SMILES string of the molecule is COc1ccccc1CN1CCN(C(=O)Cc2cccs2)CC1. The van der Waals surface area contributed by atoms with Gasteiger partial charge < -0.3 is 9.64 Å². The van der Waals surface area contributed by atoms with Crippen molar-refractivity contribution in [2.45, 2.75) is 13.0 Å². The number of benzene rings is 1. The predicted octanol–water partition coefficient (Wildman–Crippen LogP) is 2.64. The fraction of sp³-hybridized carbons (Fsp3) is 0.389. The third-order valence-corrected chi connectivity index (χ3v) is 5.09. The van der Waals surface area contributed by atoms with Crippen LogP contribution in [0.2, 0.25) is 0 Å². The first-order valence-corrected chi connectivity index (χ1v) is 8.78. The molecular weight excluding hydrogens is 308 g/mol. The first-order valence-electron chi connectivity index (χ1n) is 7.90. The Morgan fingerprint density at radius 2 is 1.91 bits per heavy atom. The van der Waals surface area contributed by atoms with Gasteiger partial charge >= 0.3 is 0 Å². The fourth-order valence-electron chi connectivity index (χ4n) is 2.90. The fourth-order valence-corrected chi connectivity index (χ4v) is 3.60. The number of piperazine rings is 1. The summed E-state index contributed by atoms with van der Waals surface area (Å²) < 4.78 is 5.41. The second-order valence-corrected chi connectivity index (χ2v) is 6.76. The zero-order chi connectivity index (χ0) is 16.1. The van der Waals surface area contributed by atoms with Gasteiger partial charge in [-0.15, -0.1) is 11.3 Å². The van der Waals surface area contributed by atoms with E-state index in [1.54, 1.807) is 18.4 Å². The van der Waals surface area contributed by atoms with Crippen LogP contribution in [0, 0.1) is 0 Å². The van der Waals surface area contributed by atoms with E-state index in [4.69, 9.17) is 4.74 Å². The van der Waals surface area contributed by atoms with Crippen molar-refractivity contribution < 1.29 is 9.53 Å². The Morgan fingerprint density at radius 3 is 2.61 bits per heavy atom. The largest absolute Gasteiger partial charge is 0.496 e. The quantitative estimate of drug-likeness (QED) is 0.845. The summed E-state index contributed by atoms with van der Waals surface area (Å²) >= 11 is 1.65. The molecule has 2 aromatic rings. The molecule has 2 heterocycles. The first-order chi connectivity index (χ1) is 11.3. The van der Waals surface area contributed by atoms with E-state index < -0.39 is 0 Å². The normalized spacial score (nSPS) is 15.6. The number of hydrogen-bond donors (Lipinski definition) is 0. The molecular formula is C18H22N2O2S. The lowest BCUT2D eigenvalue weighted by Crippen LogP contribution is -2.48. The Balaban J connectivity index is 1.51. The summed E-state index contributed by atoms with van der Waals surface area (Å²) in [5.41, 5.74) is 1.20. The molecule has 1 aromatic heterocycles. The zero-order valence-corrected chi connectivity index (χ0v) is 14.2. The number of amides is 1. The molecule has 0 spiro atoms. The van der Waals surface area contributed by atoms with E-state index in [0.717, 1.165) is 43.4 Å². The number of hydrogen-bond acceptors (Lipinski definition) is 4. The molecule has 0 N–H and O–H groups in total. The van der Waals surface area contributed by atoms with E-state index in [9.17, 15) is 4.79 Å². The lowest BCUT2D eigenvalue weighted by molar-refractivity contribution is -0.132. The van der Waals surface area contributed by atoms with Crippen molar-refractivity contribution >= 4 is 17.2 Å². The van der Waals surface area contributed by atoms with Crippen LogP contribution in [0.25, 0.3) is 0 Å². The van der Waals surface area contributed by atoms with Crippen LogP contribution >= 0.6 is 11.3 Å². The molecule has 0 radical (unpaired) electrons. The maximum atomic E-state index is 12.3. The van der Waals surface area contributed by atoms with Gasteiger partial charge in [0.25, 0.3) is 0 Å². The summed E-state index contributed by atoms with van der Waals surface area (Å²) in [6.45, 7) is 4.30. The van der Waals surface area contributed by atoms with Gasteiger partial charge in [-0.2, -0.15) is 0 Å². The summed E-state index contributed by atoms with van der Waals surface area (Å²) in [7, 11) is 1.71. The average molecular weight is 330 g/mol. The van der Waals surface area contributed by atoms with Crippen molar-refractivity contribution in [3.8, 4) is 5.75 Å². The van der Waals surface area contributed by atoms with Crippen LogP contribution in [0.1, 0.15) is 10.4 Å². The number of carbonyl (C=O) groups excluding carboxylic acids is 1. The molecule has 122 valence electrons. The maximum Gasteiger partial charge on any atom is 0.227 e. The molecule has 1 aliphatic heterocycles. The molecule has 1 fully saturated rings. The van der Waals surface area contributed by atoms with Crippen molar-refractivity contribution in [3.05, 3.63) is 52.2 Å². The minimum Gasteiger partial charge on any atom is -0.496 e. The second-order valence-electron chi connectivity index (χ2n) is 5.72. The number of carbonyl (C=O) groups is 1. The molecule has 0 atom stereocenters. The number of ether oxygens (including phenoxy) is 1. The van der Waals surface area contributed by atoms with Gasteiger partial charge in [0.05, 0.1) is 13.5 Å². The monoisotopic (exact) mass is 330 g/mol. The number of thiophene rings is 1. The zero-order valence-electron chi connectivity index (χ0n) is 13.4. The Bertz CT molecular complexity index is 634. The average Bonchev–Trinajstić information content (AvgIpc) is 3.09. The minimum absolute atomic E-state index is 0.240. The Hall–Kier alpha value is -1.85. The third-order valence-electron chi connectivity index (χ3n) is 4.22. The van der Waals surface area contributed by atoms with Gasteiger partial charge in [-0.05, 0) is 17.5 Å². The van der Waals surface area contributed by atoms with Crippen LogP contribution < -0.4 is 4.74 Å². The molecule has 1 saturated heterocycles. The van der Waals surface area contributed by atoms with E-state index >= 15 is 0 Å². The van der Waals surface area contributed by atoms with Crippen molar-refractivity contribution in [3.63, 3.8) is 0 Å². The Labute approximate surface area is 141 Å². The smallest absolute Gasteiger partial charge is 0.227 e. The number of para-hydroxylation sites is 1. The van der Waals surface area contributed by atoms with Gasteiger partial charge in [0.15, 0.2) is 0 Å². The number of rotatable bonds is 5. The van der Waals surface area contributed by atoms with Gasteiger partial charge in [0, 0.05) is 43.2 Å². The molecule has 5 heteroatoms. The van der Waals surface area contributed by atoms with Gasteiger partial charge in [0.1, 0.15) is 5.75 Å². The lowest BCUT2D eigenvalue weighted by Gasteiger charge is -2.35. The van der Waals surface area contributed by atoms with Crippen LogP contribution in [0.3, 0.4) is 0 Å². The lowest BCUT2D eigenvalue weighted by atomic mass is 10.1. The predicted molar refractivity (Wildman–Crippen MR) is 92.9 cm³/mol. The van der Waals surface area contributed by atoms with Crippen molar-refractivity contribution in [1.29, 1.82) is 0 Å². The van der Waals surface area contributed by atoms with Gasteiger partial charge in [-0.1, -0.05) is 24.3 Å². The molecule has 3 rings (SSSR count). The van der Waals surface area contributed by atoms with Crippen LogP contribution in [-0.2, 0) is 17.8 Å². The van der Waals surface area contributed by atoms with Crippen LogP contribution in [0.5, 0.6) is 5.75 Å². The number of nitrogens with zero attached hydrogens (tertiary/aromatic N) is 2. The highest BCUT2D eigenvalue weighted by atomic mass is 32.1. The Morgan fingerprint density at radius 1 is 1.13 bits per heavy atom. The van der Waals surface area contributed by atoms with E-state index in [1.807, 2.05) is 40.6 Å². The highest BCUT2D eigenvalue weighted by Crippen LogP contribution is 2.20. The molecule has 0 unspecified atom stereocenters. The van der Waals surface area contributed by atoms with E-state index in [1.165, 1.54) is 5.56 Å².